The number of aromatic nitrogens is 2. The van der Waals surface area contributed by atoms with E-state index in [0.29, 0.717) is 5.92 Å². The molecule has 0 bridgehead atoms. The van der Waals surface area contributed by atoms with Crippen LogP contribution in [0.4, 0.5) is 0 Å². The highest BCUT2D eigenvalue weighted by Gasteiger charge is 2.30. The van der Waals surface area contributed by atoms with Crippen molar-refractivity contribution in [2.45, 2.75) is 45.6 Å². The second-order valence-electron chi connectivity index (χ2n) is 5.84. The van der Waals surface area contributed by atoms with Gasteiger partial charge < -0.3 is 9.47 Å². The smallest absolute Gasteiger partial charge is 0.150 e. The van der Waals surface area contributed by atoms with Crippen molar-refractivity contribution in [1.29, 1.82) is 0 Å². The third-order valence-corrected chi connectivity index (χ3v) is 4.83. The number of imidazole rings is 1. The Morgan fingerprint density at radius 1 is 1.33 bits per heavy atom. The van der Waals surface area contributed by atoms with Gasteiger partial charge in [-0.05, 0) is 38.3 Å². The third kappa shape index (κ3) is 2.08. The van der Waals surface area contributed by atoms with Crippen molar-refractivity contribution in [3.05, 3.63) is 16.7 Å². The molecule has 100 valence electrons. The van der Waals surface area contributed by atoms with Crippen molar-refractivity contribution < 1.29 is 0 Å². The first-order chi connectivity index (χ1) is 8.69. The molecule has 2 atom stereocenters. The van der Waals surface area contributed by atoms with Crippen molar-refractivity contribution in [3.8, 4) is 0 Å². The van der Waals surface area contributed by atoms with E-state index in [1.807, 2.05) is 0 Å². The number of hydrogen-bond acceptors (Lipinski definition) is 2. The minimum absolute atomic E-state index is 0.588. The van der Waals surface area contributed by atoms with Crippen molar-refractivity contribution in [1.82, 2.24) is 14.5 Å². The maximum absolute atomic E-state index is 6.33. The summed E-state index contributed by atoms with van der Waals surface area (Å²) in [6, 6.07) is 0. The zero-order valence-corrected chi connectivity index (χ0v) is 12.1. The molecule has 0 spiro atoms. The summed E-state index contributed by atoms with van der Waals surface area (Å²) in [6.07, 6.45) is 3.59. The molecule has 4 heteroatoms. The molecule has 0 aromatic carbocycles. The van der Waals surface area contributed by atoms with E-state index in [4.69, 9.17) is 11.6 Å². The average molecular weight is 268 g/mol. The predicted molar refractivity (Wildman–Crippen MR) is 74.2 cm³/mol. The lowest BCUT2D eigenvalue weighted by Crippen LogP contribution is -2.22. The number of likely N-dealkylation sites (N-methyl/N-ethyl adjacent to an activating group) is 1. The molecule has 0 N–H and O–H groups in total. The standard InChI is InChI=1S/C14H22ClN3/c1-3-17-6-5-11(9-17)14-16-13(15)12-8-10(2)4-7-18(12)14/h10-11H,3-9H2,1-2H3. The highest BCUT2D eigenvalue weighted by molar-refractivity contribution is 6.30. The Bertz CT molecular complexity index is 440. The van der Waals surface area contributed by atoms with Crippen molar-refractivity contribution in [3.63, 3.8) is 0 Å². The van der Waals surface area contributed by atoms with Gasteiger partial charge in [0.1, 0.15) is 5.82 Å². The highest BCUT2D eigenvalue weighted by Crippen LogP contribution is 2.33. The molecule has 3 rings (SSSR count). The second kappa shape index (κ2) is 4.86. The molecule has 0 aliphatic carbocycles. The predicted octanol–water partition coefficient (Wildman–Crippen LogP) is 2.93. The molecule has 3 nitrogen and oxygen atoms in total. The first-order valence-electron chi connectivity index (χ1n) is 7.16. The fraction of sp³-hybridized carbons (Fsp3) is 0.786. The number of hydrogen-bond donors (Lipinski definition) is 0. The van der Waals surface area contributed by atoms with Gasteiger partial charge in [0.15, 0.2) is 5.15 Å². The van der Waals surface area contributed by atoms with Gasteiger partial charge in [-0.1, -0.05) is 25.4 Å². The minimum Gasteiger partial charge on any atom is -0.330 e. The average Bonchev–Trinajstić information content (AvgIpc) is 2.95. The quantitative estimate of drug-likeness (QED) is 0.822. The van der Waals surface area contributed by atoms with Crippen LogP contribution in [0.5, 0.6) is 0 Å². The van der Waals surface area contributed by atoms with Crippen LogP contribution in [0.3, 0.4) is 0 Å². The van der Waals surface area contributed by atoms with Crippen LogP contribution in [0.25, 0.3) is 0 Å². The minimum atomic E-state index is 0.588. The van der Waals surface area contributed by atoms with Crippen LogP contribution in [-0.2, 0) is 13.0 Å². The molecule has 1 fully saturated rings. The molecule has 1 saturated heterocycles. The number of halogens is 1. The van der Waals surface area contributed by atoms with Crippen LogP contribution in [-0.4, -0.2) is 34.1 Å². The number of rotatable bonds is 2. The monoisotopic (exact) mass is 267 g/mol. The summed E-state index contributed by atoms with van der Waals surface area (Å²) in [5.74, 6) is 2.58. The lowest BCUT2D eigenvalue weighted by Gasteiger charge is -2.23. The van der Waals surface area contributed by atoms with E-state index in [9.17, 15) is 0 Å². The van der Waals surface area contributed by atoms with Gasteiger partial charge in [-0.25, -0.2) is 4.98 Å². The summed E-state index contributed by atoms with van der Waals surface area (Å²) in [6.45, 7) is 9.15. The molecule has 3 heterocycles. The van der Waals surface area contributed by atoms with Gasteiger partial charge in [0.05, 0.1) is 5.69 Å². The highest BCUT2D eigenvalue weighted by atomic mass is 35.5. The van der Waals surface area contributed by atoms with E-state index in [0.717, 1.165) is 37.1 Å². The number of likely N-dealkylation sites (tertiary alicyclic amines) is 1. The first kappa shape index (κ1) is 12.5. The van der Waals surface area contributed by atoms with Gasteiger partial charge in [0.25, 0.3) is 0 Å². The van der Waals surface area contributed by atoms with Gasteiger partial charge in [-0.2, -0.15) is 0 Å². The fourth-order valence-corrected chi connectivity index (χ4v) is 3.61. The molecular formula is C14H22ClN3. The first-order valence-corrected chi connectivity index (χ1v) is 7.54. The Labute approximate surface area is 114 Å². The molecule has 1 aromatic heterocycles. The van der Waals surface area contributed by atoms with Gasteiger partial charge in [0, 0.05) is 19.0 Å². The Balaban J connectivity index is 1.87. The molecular weight excluding hydrogens is 246 g/mol. The summed E-state index contributed by atoms with van der Waals surface area (Å²) < 4.78 is 2.41. The summed E-state index contributed by atoms with van der Waals surface area (Å²) in [4.78, 5) is 7.18. The van der Waals surface area contributed by atoms with Gasteiger partial charge in [-0.15, -0.1) is 0 Å². The molecule has 0 radical (unpaired) electrons. The largest absolute Gasteiger partial charge is 0.330 e. The Kier molecular flexibility index (Phi) is 3.37. The lowest BCUT2D eigenvalue weighted by atomic mass is 9.98. The SMILES string of the molecule is CCN1CCC(c2nc(Cl)c3n2CCC(C)C3)C1. The molecule has 18 heavy (non-hydrogen) atoms. The van der Waals surface area contributed by atoms with E-state index in [1.165, 1.54) is 30.9 Å². The zero-order valence-electron chi connectivity index (χ0n) is 11.3. The number of nitrogens with zero attached hydrogens (tertiary/aromatic N) is 3. The topological polar surface area (TPSA) is 21.1 Å². The van der Waals surface area contributed by atoms with Gasteiger partial charge >= 0.3 is 0 Å². The molecule has 0 saturated carbocycles. The second-order valence-corrected chi connectivity index (χ2v) is 6.19. The molecule has 2 unspecified atom stereocenters. The van der Waals surface area contributed by atoms with E-state index in [1.54, 1.807) is 0 Å². The van der Waals surface area contributed by atoms with Crippen molar-refractivity contribution in [2.24, 2.45) is 5.92 Å². The maximum Gasteiger partial charge on any atom is 0.150 e. The summed E-state index contributed by atoms with van der Waals surface area (Å²) in [5, 5.41) is 0.756. The van der Waals surface area contributed by atoms with E-state index < -0.39 is 0 Å². The molecule has 1 aromatic rings. The Morgan fingerprint density at radius 2 is 2.17 bits per heavy atom. The Morgan fingerprint density at radius 3 is 2.89 bits per heavy atom. The van der Waals surface area contributed by atoms with Crippen LogP contribution >= 0.6 is 11.6 Å². The van der Waals surface area contributed by atoms with Gasteiger partial charge in [-0.3, -0.25) is 0 Å². The maximum atomic E-state index is 6.33. The summed E-state index contributed by atoms with van der Waals surface area (Å²) in [7, 11) is 0. The Hall–Kier alpha value is -0.540. The van der Waals surface area contributed by atoms with E-state index >= 15 is 0 Å². The number of fused-ring (bicyclic) bond motifs is 1. The third-order valence-electron chi connectivity index (χ3n) is 4.53. The summed E-state index contributed by atoms with van der Waals surface area (Å²) in [5.41, 5.74) is 1.28. The normalized spacial score (nSPS) is 28.6. The summed E-state index contributed by atoms with van der Waals surface area (Å²) >= 11 is 6.33. The van der Waals surface area contributed by atoms with E-state index in [2.05, 4.69) is 28.3 Å². The van der Waals surface area contributed by atoms with Crippen LogP contribution in [0.1, 0.15) is 44.1 Å². The molecule has 0 amide bonds. The van der Waals surface area contributed by atoms with Gasteiger partial charge in [0.2, 0.25) is 0 Å². The van der Waals surface area contributed by atoms with Crippen LogP contribution in [0.2, 0.25) is 5.15 Å². The van der Waals surface area contributed by atoms with Crippen LogP contribution in [0, 0.1) is 5.92 Å². The van der Waals surface area contributed by atoms with E-state index in [-0.39, 0.29) is 0 Å². The van der Waals surface area contributed by atoms with Crippen molar-refractivity contribution in [2.75, 3.05) is 19.6 Å². The van der Waals surface area contributed by atoms with Crippen LogP contribution in [0.15, 0.2) is 0 Å². The van der Waals surface area contributed by atoms with Crippen molar-refractivity contribution >= 4 is 11.6 Å². The fourth-order valence-electron chi connectivity index (χ4n) is 3.34. The molecule has 2 aliphatic rings. The zero-order chi connectivity index (χ0) is 12.7. The lowest BCUT2D eigenvalue weighted by molar-refractivity contribution is 0.348. The van der Waals surface area contributed by atoms with Crippen LogP contribution < -0.4 is 0 Å². The molecule has 2 aliphatic heterocycles.